The highest BCUT2D eigenvalue weighted by atomic mass is 79.9. The Bertz CT molecular complexity index is 749. The molecule has 1 amide bonds. The zero-order valence-corrected chi connectivity index (χ0v) is 15.1. The maximum absolute atomic E-state index is 13.2. The molecule has 0 spiro atoms. The Balaban J connectivity index is 1.60. The van der Waals surface area contributed by atoms with Gasteiger partial charge in [0.25, 0.3) is 5.91 Å². The minimum Gasteiger partial charge on any atom is -0.372 e. The smallest absolute Gasteiger partial charge is 0.253 e. The van der Waals surface area contributed by atoms with E-state index in [1.54, 1.807) is 17.0 Å². The summed E-state index contributed by atoms with van der Waals surface area (Å²) in [4.78, 5) is 14.4. The molecule has 1 saturated heterocycles. The van der Waals surface area contributed by atoms with E-state index in [4.69, 9.17) is 4.74 Å². The first kappa shape index (κ1) is 18.0. The van der Waals surface area contributed by atoms with Crippen LogP contribution in [-0.2, 0) is 11.3 Å². The van der Waals surface area contributed by atoms with E-state index in [9.17, 15) is 13.6 Å². The number of carbonyl (C=O) groups is 1. The van der Waals surface area contributed by atoms with Gasteiger partial charge in [0.1, 0.15) is 11.6 Å². The lowest BCUT2D eigenvalue weighted by Crippen LogP contribution is -2.43. The third-order valence-electron chi connectivity index (χ3n) is 4.14. The number of benzene rings is 2. The van der Waals surface area contributed by atoms with Crippen LogP contribution >= 0.6 is 15.9 Å². The number of likely N-dealkylation sites (tertiary alicyclic amines) is 1. The van der Waals surface area contributed by atoms with Gasteiger partial charge in [0.2, 0.25) is 0 Å². The molecule has 2 aromatic carbocycles. The normalized spacial score (nSPS) is 17.6. The topological polar surface area (TPSA) is 29.5 Å². The van der Waals surface area contributed by atoms with Crippen LogP contribution in [0.5, 0.6) is 0 Å². The molecule has 0 N–H and O–H groups in total. The van der Waals surface area contributed by atoms with Gasteiger partial charge in [0, 0.05) is 29.2 Å². The summed E-state index contributed by atoms with van der Waals surface area (Å²) in [6.07, 6.45) is 1.51. The van der Waals surface area contributed by atoms with Crippen LogP contribution in [0.1, 0.15) is 28.8 Å². The molecular weight excluding hydrogens is 392 g/mol. The van der Waals surface area contributed by atoms with Crippen molar-refractivity contribution in [2.45, 2.75) is 25.6 Å². The van der Waals surface area contributed by atoms with Crippen molar-refractivity contribution in [1.29, 1.82) is 0 Å². The van der Waals surface area contributed by atoms with Gasteiger partial charge in [-0.25, -0.2) is 8.78 Å². The summed E-state index contributed by atoms with van der Waals surface area (Å²) >= 11 is 3.37. The number of hydrogen-bond acceptors (Lipinski definition) is 2. The van der Waals surface area contributed by atoms with E-state index in [2.05, 4.69) is 15.9 Å². The van der Waals surface area contributed by atoms with Crippen molar-refractivity contribution in [3.8, 4) is 0 Å². The Labute approximate surface area is 153 Å². The zero-order valence-electron chi connectivity index (χ0n) is 13.6. The van der Waals surface area contributed by atoms with E-state index in [1.807, 2.05) is 12.1 Å². The maximum atomic E-state index is 13.2. The van der Waals surface area contributed by atoms with E-state index >= 15 is 0 Å². The van der Waals surface area contributed by atoms with Gasteiger partial charge in [-0.15, -0.1) is 0 Å². The largest absolute Gasteiger partial charge is 0.372 e. The summed E-state index contributed by atoms with van der Waals surface area (Å²) in [6.45, 7) is 1.28. The molecule has 1 atom stereocenters. The molecule has 0 aromatic heterocycles. The van der Waals surface area contributed by atoms with Gasteiger partial charge >= 0.3 is 0 Å². The first-order valence-corrected chi connectivity index (χ1v) is 8.92. The highest BCUT2D eigenvalue weighted by Gasteiger charge is 2.25. The number of ether oxygens (including phenoxy) is 1. The van der Waals surface area contributed by atoms with Gasteiger partial charge < -0.3 is 9.64 Å². The average molecular weight is 410 g/mol. The average Bonchev–Trinajstić information content (AvgIpc) is 2.59. The number of hydrogen-bond donors (Lipinski definition) is 0. The number of carbonyl (C=O) groups excluding carboxylic acids is 1. The molecule has 0 aliphatic carbocycles. The summed E-state index contributed by atoms with van der Waals surface area (Å²) in [7, 11) is 0. The minimum atomic E-state index is -0.617. The summed E-state index contributed by atoms with van der Waals surface area (Å²) in [6, 6.07) is 10.6. The molecule has 3 rings (SSSR count). The van der Waals surface area contributed by atoms with Crippen LogP contribution in [0.15, 0.2) is 46.9 Å². The molecule has 132 valence electrons. The van der Waals surface area contributed by atoms with Crippen molar-refractivity contribution >= 4 is 21.8 Å². The van der Waals surface area contributed by atoms with Crippen molar-refractivity contribution in [3.05, 3.63) is 69.7 Å². The molecule has 0 radical (unpaired) electrons. The van der Waals surface area contributed by atoms with Crippen LogP contribution in [0, 0.1) is 11.6 Å². The van der Waals surface area contributed by atoms with E-state index in [1.165, 1.54) is 12.1 Å². The molecule has 0 bridgehead atoms. The first-order chi connectivity index (χ1) is 12.0. The van der Waals surface area contributed by atoms with E-state index in [-0.39, 0.29) is 18.6 Å². The van der Waals surface area contributed by atoms with E-state index in [0.29, 0.717) is 24.2 Å². The summed E-state index contributed by atoms with van der Waals surface area (Å²) < 4.78 is 33.1. The third-order valence-corrected chi connectivity index (χ3v) is 4.64. The fourth-order valence-electron chi connectivity index (χ4n) is 2.97. The van der Waals surface area contributed by atoms with Crippen LogP contribution in [-0.4, -0.2) is 30.0 Å². The zero-order chi connectivity index (χ0) is 17.8. The third kappa shape index (κ3) is 4.86. The molecular formula is C19H18BrF2NO2. The Hall–Kier alpha value is -1.79. The molecule has 2 aromatic rings. The maximum Gasteiger partial charge on any atom is 0.253 e. The molecule has 1 heterocycles. The van der Waals surface area contributed by atoms with E-state index in [0.717, 1.165) is 23.4 Å². The summed E-state index contributed by atoms with van der Waals surface area (Å²) in [5.74, 6) is -1.27. The summed E-state index contributed by atoms with van der Waals surface area (Å²) in [5, 5.41) is 0. The number of amides is 1. The van der Waals surface area contributed by atoms with Gasteiger partial charge in [0.15, 0.2) is 0 Å². The van der Waals surface area contributed by atoms with Gasteiger partial charge in [0.05, 0.1) is 12.7 Å². The molecule has 0 unspecified atom stereocenters. The molecule has 1 fully saturated rings. The van der Waals surface area contributed by atoms with Gasteiger partial charge in [-0.2, -0.15) is 0 Å². The van der Waals surface area contributed by atoms with E-state index < -0.39 is 11.6 Å². The van der Waals surface area contributed by atoms with Crippen molar-refractivity contribution in [2.24, 2.45) is 0 Å². The Morgan fingerprint density at radius 1 is 1.20 bits per heavy atom. The van der Waals surface area contributed by atoms with Crippen LogP contribution in [0.4, 0.5) is 8.78 Å². The van der Waals surface area contributed by atoms with Crippen molar-refractivity contribution in [2.75, 3.05) is 13.1 Å². The minimum absolute atomic E-state index is 0.0357. The highest BCUT2D eigenvalue weighted by molar-refractivity contribution is 9.10. The van der Waals surface area contributed by atoms with Crippen molar-refractivity contribution < 1.29 is 18.3 Å². The van der Waals surface area contributed by atoms with Crippen LogP contribution in [0.2, 0.25) is 0 Å². The summed E-state index contributed by atoms with van der Waals surface area (Å²) in [5.41, 5.74) is 1.08. The van der Waals surface area contributed by atoms with Gasteiger partial charge in [-0.05, 0) is 48.7 Å². The second-order valence-corrected chi connectivity index (χ2v) is 7.03. The fourth-order valence-corrected chi connectivity index (χ4v) is 3.37. The lowest BCUT2D eigenvalue weighted by Gasteiger charge is -2.32. The van der Waals surface area contributed by atoms with Crippen LogP contribution < -0.4 is 0 Å². The Morgan fingerprint density at radius 3 is 2.68 bits per heavy atom. The molecule has 1 aliphatic rings. The van der Waals surface area contributed by atoms with Crippen LogP contribution in [0.3, 0.4) is 0 Å². The quantitative estimate of drug-likeness (QED) is 0.741. The molecule has 25 heavy (non-hydrogen) atoms. The highest BCUT2D eigenvalue weighted by Crippen LogP contribution is 2.20. The first-order valence-electron chi connectivity index (χ1n) is 8.12. The lowest BCUT2D eigenvalue weighted by atomic mass is 10.1. The monoisotopic (exact) mass is 409 g/mol. The molecule has 1 aliphatic heterocycles. The predicted molar refractivity (Wildman–Crippen MR) is 94.2 cm³/mol. The second-order valence-electron chi connectivity index (χ2n) is 6.11. The molecule has 0 saturated carbocycles. The number of rotatable bonds is 4. The van der Waals surface area contributed by atoms with Crippen molar-refractivity contribution in [3.63, 3.8) is 0 Å². The number of halogens is 3. The number of nitrogens with zero attached hydrogens (tertiary/aromatic N) is 1. The molecule has 6 heteroatoms. The van der Waals surface area contributed by atoms with Gasteiger partial charge in [-0.3, -0.25) is 4.79 Å². The fraction of sp³-hybridized carbons (Fsp3) is 0.316. The molecule has 3 nitrogen and oxygen atoms in total. The van der Waals surface area contributed by atoms with Gasteiger partial charge in [-0.1, -0.05) is 22.0 Å². The number of piperidine rings is 1. The Kier molecular flexibility index (Phi) is 5.81. The standard InChI is InChI=1S/C19H18BrF2NO2/c20-15-4-1-3-14(9-15)19(24)23-6-2-5-18(11-23)25-12-13-7-16(21)10-17(22)8-13/h1,3-4,7-10,18H,2,5-6,11-12H2/t18-/m0/s1. The van der Waals surface area contributed by atoms with Crippen molar-refractivity contribution in [1.82, 2.24) is 4.90 Å². The Morgan fingerprint density at radius 2 is 1.96 bits per heavy atom. The lowest BCUT2D eigenvalue weighted by molar-refractivity contribution is -0.00686. The predicted octanol–water partition coefficient (Wildman–Crippen LogP) is 4.55. The second kappa shape index (κ2) is 8.06. The SMILES string of the molecule is O=C(c1cccc(Br)c1)N1CCC[C@H](OCc2cc(F)cc(F)c2)C1. The van der Waals surface area contributed by atoms with Crippen LogP contribution in [0.25, 0.3) is 0 Å².